The molecule has 5 saturated heterocycles. The predicted molar refractivity (Wildman–Crippen MR) is 367 cm³/mol. The van der Waals surface area contributed by atoms with Crippen LogP contribution in [0.1, 0.15) is 188 Å². The summed E-state index contributed by atoms with van der Waals surface area (Å²) in [5.74, 6) is -8.56. The van der Waals surface area contributed by atoms with Crippen molar-refractivity contribution in [3.63, 3.8) is 0 Å². The number of halogens is 4. The molecule has 1 aromatic carbocycles. The SMILES string of the molecule is CC[C@H](C)[C@@H]1NC(=O)[C@H](CC(C)C)N(C)C(=O)C[C@@H](C(=O)N2CCCCC2)N(C)C(=O)[C@H](C(C)C)N(C)C(=O)C2(CCCC2)NC(=O)[C@@H]2CCCN2C(=O)[C@H](CCc2ccc(C(F)(F)F)c(Cl)c2)NC(=O)CN(C)C(=O)[C@H](CC2CCCCC2)N(C)C(=O)[C@@H]2CCN2C(=O)[C@@H]2CCN2C1=O. The molecule has 5 aliphatic heterocycles. The van der Waals surface area contributed by atoms with Gasteiger partial charge < -0.3 is 60.0 Å². The van der Waals surface area contributed by atoms with Crippen LogP contribution in [0, 0.1) is 23.7 Å². The zero-order valence-electron chi connectivity index (χ0n) is 60.5. The number of likely N-dealkylation sites (tertiary alicyclic amines) is 1. The van der Waals surface area contributed by atoms with Crippen LogP contribution in [-0.2, 0) is 70.1 Å². The molecular formula is C72H108ClF3N12O12. The van der Waals surface area contributed by atoms with Crippen LogP contribution in [0.3, 0.4) is 0 Å². The van der Waals surface area contributed by atoms with Crippen molar-refractivity contribution in [3.8, 4) is 0 Å². The Balaban J connectivity index is 1.16. The summed E-state index contributed by atoms with van der Waals surface area (Å²) in [5.41, 5.74) is -2.34. The van der Waals surface area contributed by atoms with Gasteiger partial charge in [-0.3, -0.25) is 57.5 Å². The fourth-order valence-corrected chi connectivity index (χ4v) is 16.3. The lowest BCUT2D eigenvalue weighted by atomic mass is 9.84. The van der Waals surface area contributed by atoms with Crippen LogP contribution < -0.4 is 16.0 Å². The van der Waals surface area contributed by atoms with Crippen LogP contribution in [-0.4, -0.2) is 249 Å². The number of amides is 12. The Labute approximate surface area is 592 Å². The van der Waals surface area contributed by atoms with Crippen LogP contribution in [0.4, 0.5) is 13.2 Å². The lowest BCUT2D eigenvalue weighted by Crippen LogP contribution is -2.69. The molecule has 1 aromatic rings. The average Bonchev–Trinajstić information content (AvgIpc) is 0.896. The molecule has 12 amide bonds. The van der Waals surface area contributed by atoms with Gasteiger partial charge in [0.05, 0.1) is 23.6 Å². The van der Waals surface area contributed by atoms with E-state index >= 15 is 24.0 Å². The van der Waals surface area contributed by atoms with E-state index in [-0.39, 0.29) is 89.3 Å². The molecule has 2 aliphatic carbocycles. The van der Waals surface area contributed by atoms with Gasteiger partial charge in [0, 0.05) is 68.0 Å². The topological polar surface area (TPSA) is 270 Å². The molecule has 10 atom stereocenters. The van der Waals surface area contributed by atoms with E-state index in [0.717, 1.165) is 55.6 Å². The highest BCUT2D eigenvalue weighted by molar-refractivity contribution is 6.31. The number of carbonyl (C=O) groups is 12. The Morgan fingerprint density at radius 2 is 1.23 bits per heavy atom. The Bertz CT molecular complexity index is 3190. The van der Waals surface area contributed by atoms with Gasteiger partial charge >= 0.3 is 6.18 Å². The standard InChI is InChI=1S/C72H108ClF3N12O12/c1-12-45(6)59-68(98)88-37-30-53(88)67(97)87-36-29-52(87)65(95)82(9)55(40-46-22-15-13-16-23-46)64(94)80(7)42-57(89)77-50(28-26-47-25-27-48(49(73)39-47)72(74,75)76)63(93)86-35-21-24-51(86)62(92)79-71(31-17-18-32-71)70(100)84(11)60(44(4)5)69(99)83(10)56(66(96)85-33-19-14-20-34-85)41-58(90)81(8)54(38-43(2)3)61(91)78-59/h25,27,39,43-46,50-56,59-60H,12-24,26,28-38,40-42H2,1-11H3,(H,77,89)(H,78,91)(H,79,92)/t45-,50-,51-,52-,53-,54-,55-,56-,59-,60-/m0/s1. The molecule has 556 valence electrons. The largest absolute Gasteiger partial charge is 0.417 e. The molecule has 2 saturated carbocycles. The quantitative estimate of drug-likeness (QED) is 0.238. The lowest BCUT2D eigenvalue weighted by Gasteiger charge is -2.49. The van der Waals surface area contributed by atoms with Crippen LogP contribution in [0.5, 0.6) is 0 Å². The lowest BCUT2D eigenvalue weighted by molar-refractivity contribution is -0.165. The first-order chi connectivity index (χ1) is 47.2. The Kier molecular flexibility index (Phi) is 26.6. The van der Waals surface area contributed by atoms with E-state index in [9.17, 15) is 46.7 Å². The molecule has 24 nitrogen and oxygen atoms in total. The molecule has 0 radical (unpaired) electrons. The van der Waals surface area contributed by atoms with Crippen molar-refractivity contribution < 1.29 is 70.7 Å². The molecule has 3 N–H and O–H groups in total. The monoisotopic (exact) mass is 1420 g/mol. The molecule has 100 heavy (non-hydrogen) atoms. The number of hydrogen-bond donors (Lipinski definition) is 3. The molecule has 7 fully saturated rings. The second-order valence-electron chi connectivity index (χ2n) is 30.2. The fourth-order valence-electron chi connectivity index (χ4n) is 16.0. The Morgan fingerprint density at radius 1 is 0.620 bits per heavy atom. The van der Waals surface area contributed by atoms with Gasteiger partial charge in [0.15, 0.2) is 0 Å². The van der Waals surface area contributed by atoms with Crippen molar-refractivity contribution in [2.24, 2.45) is 23.7 Å². The number of rotatable bonds is 11. The van der Waals surface area contributed by atoms with Crippen LogP contribution >= 0.6 is 11.6 Å². The van der Waals surface area contributed by atoms with Crippen molar-refractivity contribution >= 4 is 82.5 Å². The van der Waals surface area contributed by atoms with Crippen molar-refractivity contribution in [2.75, 3.05) is 74.5 Å². The van der Waals surface area contributed by atoms with E-state index in [1.165, 1.54) is 75.6 Å². The van der Waals surface area contributed by atoms with Gasteiger partial charge in [-0.1, -0.05) is 111 Å². The number of benzene rings is 1. The predicted octanol–water partition coefficient (Wildman–Crippen LogP) is 5.78. The van der Waals surface area contributed by atoms with Gasteiger partial charge in [0.2, 0.25) is 70.9 Å². The number of nitrogens with zero attached hydrogens (tertiary/aromatic N) is 9. The van der Waals surface area contributed by atoms with Crippen molar-refractivity contribution in [3.05, 3.63) is 34.3 Å². The summed E-state index contributed by atoms with van der Waals surface area (Å²) in [5, 5.41) is 8.21. The summed E-state index contributed by atoms with van der Waals surface area (Å²) in [6.07, 6.45) is 4.19. The number of likely N-dealkylation sites (N-methyl/N-ethyl adjacent to an activating group) is 5. The number of alkyl halides is 3. The summed E-state index contributed by atoms with van der Waals surface area (Å²) in [7, 11) is 7.21. The third-order valence-corrected chi connectivity index (χ3v) is 22.8. The number of carbonyl (C=O) groups excluding carboxylic acids is 12. The summed E-state index contributed by atoms with van der Waals surface area (Å²) in [6, 6.07) is -7.51. The van der Waals surface area contributed by atoms with Crippen molar-refractivity contribution in [1.29, 1.82) is 0 Å². The summed E-state index contributed by atoms with van der Waals surface area (Å²) < 4.78 is 41.6. The maximum atomic E-state index is 15.4. The number of fused-ring (bicyclic) bond motifs is 3. The minimum Gasteiger partial charge on any atom is -0.343 e. The third kappa shape index (κ3) is 17.9. The molecule has 5 heterocycles. The van der Waals surface area contributed by atoms with E-state index in [4.69, 9.17) is 11.6 Å². The van der Waals surface area contributed by atoms with Crippen LogP contribution in [0.25, 0.3) is 0 Å². The van der Waals surface area contributed by atoms with Gasteiger partial charge in [-0.2, -0.15) is 13.2 Å². The molecule has 28 heteroatoms. The molecule has 0 unspecified atom stereocenters. The molecular weight excluding hydrogens is 1320 g/mol. The van der Waals surface area contributed by atoms with E-state index in [1.807, 2.05) is 20.8 Å². The maximum absolute atomic E-state index is 15.4. The number of piperidine rings is 1. The zero-order chi connectivity index (χ0) is 73.4. The van der Waals surface area contributed by atoms with E-state index < -0.39 is 172 Å². The summed E-state index contributed by atoms with van der Waals surface area (Å²) >= 11 is 6.16. The zero-order valence-corrected chi connectivity index (χ0v) is 61.2. The van der Waals surface area contributed by atoms with Crippen molar-refractivity contribution in [2.45, 2.75) is 249 Å². The molecule has 7 aliphatic rings. The first-order valence-corrected chi connectivity index (χ1v) is 36.9. The average molecular weight is 1430 g/mol. The van der Waals surface area contributed by atoms with Crippen molar-refractivity contribution in [1.82, 2.24) is 60.0 Å². The number of hydrogen-bond acceptors (Lipinski definition) is 12. The van der Waals surface area contributed by atoms with Gasteiger partial charge in [-0.25, -0.2) is 0 Å². The summed E-state index contributed by atoms with van der Waals surface area (Å²) in [6.45, 7) is 11.4. The van der Waals surface area contributed by atoms with Gasteiger partial charge in [-0.05, 0) is 125 Å². The van der Waals surface area contributed by atoms with Gasteiger partial charge in [0.1, 0.15) is 59.9 Å². The molecule has 1 spiro atoms. The normalized spacial score (nSPS) is 28.2. The van der Waals surface area contributed by atoms with Gasteiger partial charge in [0.25, 0.3) is 0 Å². The first kappa shape index (κ1) is 78.7. The second-order valence-corrected chi connectivity index (χ2v) is 30.6. The first-order valence-electron chi connectivity index (χ1n) is 36.5. The van der Waals surface area contributed by atoms with Crippen LogP contribution in [0.15, 0.2) is 18.2 Å². The molecule has 0 bridgehead atoms. The third-order valence-electron chi connectivity index (χ3n) is 22.5. The van der Waals surface area contributed by atoms with Crippen LogP contribution in [0.2, 0.25) is 5.02 Å². The van der Waals surface area contributed by atoms with E-state index in [2.05, 4.69) is 16.0 Å². The van der Waals surface area contributed by atoms with E-state index in [1.54, 1.807) is 25.7 Å². The summed E-state index contributed by atoms with van der Waals surface area (Å²) in [4.78, 5) is 192. The van der Waals surface area contributed by atoms with Gasteiger partial charge in [-0.15, -0.1) is 0 Å². The minimum atomic E-state index is -4.76. The smallest absolute Gasteiger partial charge is 0.343 e. The van der Waals surface area contributed by atoms with E-state index in [0.29, 0.717) is 57.2 Å². The Morgan fingerprint density at radius 3 is 1.81 bits per heavy atom. The highest BCUT2D eigenvalue weighted by Gasteiger charge is 2.53. The maximum Gasteiger partial charge on any atom is 0.417 e. The number of nitrogens with one attached hydrogen (secondary N) is 3. The second kappa shape index (κ2) is 33.8. The fraction of sp³-hybridized carbons (Fsp3) is 0.750. The highest BCUT2D eigenvalue weighted by atomic mass is 35.5. The molecule has 8 rings (SSSR count). The Hall–Kier alpha value is -7.06. The highest BCUT2D eigenvalue weighted by Crippen LogP contribution is 2.38. The molecule has 0 aromatic heterocycles. The minimum absolute atomic E-state index is 0.0320. The number of aryl methyl sites for hydroxylation is 1.